The summed E-state index contributed by atoms with van der Waals surface area (Å²) in [5.41, 5.74) is 0.460. The number of aryl methyl sites for hydroxylation is 1. The Morgan fingerprint density at radius 2 is 2.35 bits per heavy atom. The van der Waals surface area contributed by atoms with Crippen LogP contribution in [0.25, 0.3) is 0 Å². The van der Waals surface area contributed by atoms with E-state index in [1.807, 2.05) is 0 Å². The summed E-state index contributed by atoms with van der Waals surface area (Å²) < 4.78 is 15.8. The van der Waals surface area contributed by atoms with Crippen molar-refractivity contribution in [2.75, 3.05) is 26.9 Å². The Labute approximate surface area is 118 Å². The predicted molar refractivity (Wildman–Crippen MR) is 71.5 cm³/mol. The van der Waals surface area contributed by atoms with Crippen molar-refractivity contribution in [1.29, 1.82) is 0 Å². The van der Waals surface area contributed by atoms with Crippen LogP contribution in [0.3, 0.4) is 0 Å². The third kappa shape index (κ3) is 3.20. The highest BCUT2D eigenvalue weighted by Crippen LogP contribution is 2.20. The molecule has 0 bridgehead atoms. The number of furan rings is 1. The second kappa shape index (κ2) is 6.39. The number of esters is 1. The molecule has 0 spiro atoms. The molecule has 2 unspecified atom stereocenters. The molecule has 0 radical (unpaired) electrons. The van der Waals surface area contributed by atoms with E-state index in [4.69, 9.17) is 13.9 Å². The number of morpholine rings is 1. The van der Waals surface area contributed by atoms with Gasteiger partial charge in [0.1, 0.15) is 17.1 Å². The lowest BCUT2D eigenvalue weighted by Crippen LogP contribution is -2.48. The van der Waals surface area contributed by atoms with Crippen LogP contribution in [0.1, 0.15) is 28.8 Å². The van der Waals surface area contributed by atoms with Crippen molar-refractivity contribution in [3.63, 3.8) is 0 Å². The number of ether oxygens (including phenoxy) is 2. The van der Waals surface area contributed by atoms with Crippen molar-refractivity contribution >= 4 is 5.97 Å². The second-order valence-electron chi connectivity index (χ2n) is 5.09. The lowest BCUT2D eigenvalue weighted by Gasteiger charge is -2.36. The van der Waals surface area contributed by atoms with E-state index in [2.05, 4.69) is 11.8 Å². The van der Waals surface area contributed by atoms with Crippen molar-refractivity contribution in [3.05, 3.63) is 23.2 Å². The third-order valence-corrected chi connectivity index (χ3v) is 3.57. The van der Waals surface area contributed by atoms with Gasteiger partial charge < -0.3 is 19.0 Å². The molecule has 6 heteroatoms. The van der Waals surface area contributed by atoms with Gasteiger partial charge in [-0.05, 0) is 19.9 Å². The highest BCUT2D eigenvalue weighted by molar-refractivity contribution is 5.90. The molecule has 1 saturated heterocycles. The topological polar surface area (TPSA) is 72.1 Å². The van der Waals surface area contributed by atoms with Crippen molar-refractivity contribution in [3.8, 4) is 0 Å². The number of carbonyl (C=O) groups is 1. The molecule has 0 amide bonds. The molecule has 1 aromatic rings. The number of aliphatic hydroxyl groups is 1. The number of carbonyl (C=O) groups excluding carboxylic acids is 1. The maximum atomic E-state index is 11.6. The summed E-state index contributed by atoms with van der Waals surface area (Å²) >= 11 is 0. The minimum atomic E-state index is -0.388. The molecule has 0 saturated carbocycles. The quantitative estimate of drug-likeness (QED) is 0.830. The number of methoxy groups -OCH3 is 1. The van der Waals surface area contributed by atoms with Crippen LogP contribution >= 0.6 is 0 Å². The van der Waals surface area contributed by atoms with Gasteiger partial charge in [0.2, 0.25) is 0 Å². The van der Waals surface area contributed by atoms with Gasteiger partial charge in [0, 0.05) is 12.6 Å². The van der Waals surface area contributed by atoms with Gasteiger partial charge >= 0.3 is 5.97 Å². The molecule has 0 aliphatic carbocycles. The molecule has 1 aromatic heterocycles. The highest BCUT2D eigenvalue weighted by atomic mass is 16.5. The van der Waals surface area contributed by atoms with Crippen LogP contribution in [0.15, 0.2) is 10.5 Å². The Morgan fingerprint density at radius 3 is 3.00 bits per heavy atom. The normalized spacial score (nSPS) is 23.8. The molecule has 1 aliphatic heterocycles. The van der Waals surface area contributed by atoms with E-state index in [0.29, 0.717) is 36.8 Å². The maximum absolute atomic E-state index is 11.6. The standard InChI is InChI=1S/C14H21NO5/c1-9-8-19-12(7-16)6-15(9)5-11-4-13(10(2)20-11)14(17)18-3/h4,9,12,16H,5-8H2,1-3H3. The van der Waals surface area contributed by atoms with Gasteiger partial charge in [0.25, 0.3) is 0 Å². The first-order valence-corrected chi connectivity index (χ1v) is 6.69. The fraction of sp³-hybridized carbons (Fsp3) is 0.643. The molecular formula is C14H21NO5. The SMILES string of the molecule is COC(=O)c1cc(CN2CC(CO)OCC2C)oc1C. The molecule has 2 atom stereocenters. The van der Waals surface area contributed by atoms with Crippen molar-refractivity contribution in [1.82, 2.24) is 4.90 Å². The Bertz CT molecular complexity index is 470. The molecule has 1 aliphatic rings. The van der Waals surface area contributed by atoms with Crippen LogP contribution in [-0.2, 0) is 16.0 Å². The van der Waals surface area contributed by atoms with E-state index in [1.54, 1.807) is 13.0 Å². The van der Waals surface area contributed by atoms with Gasteiger partial charge in [-0.25, -0.2) is 4.79 Å². The summed E-state index contributed by atoms with van der Waals surface area (Å²) in [5.74, 6) is 0.889. The average Bonchev–Trinajstić information content (AvgIpc) is 2.81. The molecule has 0 aromatic carbocycles. The van der Waals surface area contributed by atoms with Crippen molar-refractivity contribution < 1.29 is 23.8 Å². The Kier molecular flexibility index (Phi) is 4.80. The number of hydrogen-bond donors (Lipinski definition) is 1. The van der Waals surface area contributed by atoms with Crippen LogP contribution in [0.4, 0.5) is 0 Å². The lowest BCUT2D eigenvalue weighted by atomic mass is 10.2. The van der Waals surface area contributed by atoms with E-state index >= 15 is 0 Å². The molecule has 1 fully saturated rings. The van der Waals surface area contributed by atoms with Gasteiger partial charge in [-0.2, -0.15) is 0 Å². The number of rotatable bonds is 4. The molecule has 6 nitrogen and oxygen atoms in total. The number of aliphatic hydroxyl groups excluding tert-OH is 1. The zero-order chi connectivity index (χ0) is 14.7. The maximum Gasteiger partial charge on any atom is 0.341 e. The van der Waals surface area contributed by atoms with Gasteiger partial charge in [0.05, 0.1) is 33.0 Å². The molecule has 2 heterocycles. The monoisotopic (exact) mass is 283 g/mol. The zero-order valence-corrected chi connectivity index (χ0v) is 12.1. The Morgan fingerprint density at radius 1 is 1.60 bits per heavy atom. The van der Waals surface area contributed by atoms with Crippen LogP contribution in [0.2, 0.25) is 0 Å². The Balaban J connectivity index is 2.07. The zero-order valence-electron chi connectivity index (χ0n) is 12.1. The third-order valence-electron chi connectivity index (χ3n) is 3.57. The van der Waals surface area contributed by atoms with Crippen LogP contribution in [-0.4, -0.2) is 55.0 Å². The van der Waals surface area contributed by atoms with Crippen LogP contribution in [0.5, 0.6) is 0 Å². The first-order chi connectivity index (χ1) is 9.55. The first-order valence-electron chi connectivity index (χ1n) is 6.69. The average molecular weight is 283 g/mol. The summed E-state index contributed by atoms with van der Waals surface area (Å²) in [5, 5.41) is 9.18. The van der Waals surface area contributed by atoms with Gasteiger partial charge in [-0.1, -0.05) is 0 Å². The second-order valence-corrected chi connectivity index (χ2v) is 5.09. The van der Waals surface area contributed by atoms with Crippen LogP contribution < -0.4 is 0 Å². The minimum absolute atomic E-state index is 0.00775. The van der Waals surface area contributed by atoms with E-state index in [9.17, 15) is 9.90 Å². The largest absolute Gasteiger partial charge is 0.465 e. The molecule has 112 valence electrons. The fourth-order valence-corrected chi connectivity index (χ4v) is 2.34. The summed E-state index contributed by atoms with van der Waals surface area (Å²) in [7, 11) is 1.35. The van der Waals surface area contributed by atoms with Gasteiger partial charge in [0.15, 0.2) is 0 Å². The molecule has 20 heavy (non-hydrogen) atoms. The molecule has 2 rings (SSSR count). The van der Waals surface area contributed by atoms with Gasteiger partial charge in [-0.3, -0.25) is 4.90 Å². The van der Waals surface area contributed by atoms with E-state index in [-0.39, 0.29) is 24.7 Å². The van der Waals surface area contributed by atoms with Gasteiger partial charge in [-0.15, -0.1) is 0 Å². The molecular weight excluding hydrogens is 262 g/mol. The number of nitrogens with zero attached hydrogens (tertiary/aromatic N) is 1. The number of hydrogen-bond acceptors (Lipinski definition) is 6. The fourth-order valence-electron chi connectivity index (χ4n) is 2.34. The minimum Gasteiger partial charge on any atom is -0.465 e. The lowest BCUT2D eigenvalue weighted by molar-refractivity contribution is -0.0820. The summed E-state index contributed by atoms with van der Waals surface area (Å²) in [4.78, 5) is 13.7. The van der Waals surface area contributed by atoms with Crippen LogP contribution in [0, 0.1) is 6.92 Å². The van der Waals surface area contributed by atoms with E-state index in [1.165, 1.54) is 7.11 Å². The Hall–Kier alpha value is -1.37. The van der Waals surface area contributed by atoms with E-state index in [0.717, 1.165) is 0 Å². The summed E-state index contributed by atoms with van der Waals surface area (Å²) in [6, 6.07) is 1.96. The van der Waals surface area contributed by atoms with E-state index < -0.39 is 0 Å². The highest BCUT2D eigenvalue weighted by Gasteiger charge is 2.27. The summed E-state index contributed by atoms with van der Waals surface area (Å²) in [6.07, 6.45) is -0.165. The van der Waals surface area contributed by atoms with Crippen molar-refractivity contribution in [2.45, 2.75) is 32.5 Å². The van der Waals surface area contributed by atoms with Crippen molar-refractivity contribution in [2.24, 2.45) is 0 Å². The predicted octanol–water partition coefficient (Wildman–Crippen LogP) is 0.956. The first kappa shape index (κ1) is 15.0. The summed E-state index contributed by atoms with van der Waals surface area (Å²) in [6.45, 7) is 5.62. The molecule has 1 N–H and O–H groups in total. The smallest absolute Gasteiger partial charge is 0.341 e.